The largest absolute Gasteiger partial charge is 0.481 e. The first-order chi connectivity index (χ1) is 14.2. The summed E-state index contributed by atoms with van der Waals surface area (Å²) < 4.78 is 45.7. The Morgan fingerprint density at radius 2 is 1.83 bits per heavy atom. The number of amides is 1. The van der Waals surface area contributed by atoms with Crippen molar-refractivity contribution >= 4 is 12.1 Å². The number of nitrogens with one attached hydrogen (secondary N) is 1. The highest BCUT2D eigenvalue weighted by atomic mass is 19.4. The van der Waals surface area contributed by atoms with Gasteiger partial charge in [0.15, 0.2) is 6.10 Å². The number of hydrogen-bond donors (Lipinski definition) is 1. The molecule has 0 aliphatic heterocycles. The Morgan fingerprint density at radius 1 is 1.17 bits per heavy atom. The maximum atomic E-state index is 13.3. The van der Waals surface area contributed by atoms with E-state index >= 15 is 0 Å². The van der Waals surface area contributed by atoms with Crippen LogP contribution in [0.5, 0.6) is 5.75 Å². The summed E-state index contributed by atoms with van der Waals surface area (Å²) in [4.78, 5) is 14.9. The molecular formula is C23H27F3N2O2. The van der Waals surface area contributed by atoms with Crippen LogP contribution in [0, 0.1) is 5.41 Å². The number of benzene rings is 2. The SMILES string of the molecule is CCCC(Oc1ccc(C=N)c(C(F)(F)F)c1)C(=O)N(Cc1ccccc1)C(C)C. The van der Waals surface area contributed by atoms with Crippen LogP contribution in [-0.2, 0) is 17.5 Å². The molecule has 0 fully saturated rings. The molecule has 30 heavy (non-hydrogen) atoms. The maximum Gasteiger partial charge on any atom is 0.417 e. The van der Waals surface area contributed by atoms with Crippen LogP contribution in [0.1, 0.15) is 50.3 Å². The zero-order valence-corrected chi connectivity index (χ0v) is 17.4. The first-order valence-corrected chi connectivity index (χ1v) is 9.90. The summed E-state index contributed by atoms with van der Waals surface area (Å²) in [5, 5.41) is 7.19. The fourth-order valence-electron chi connectivity index (χ4n) is 3.12. The van der Waals surface area contributed by atoms with Gasteiger partial charge in [0.2, 0.25) is 0 Å². The molecule has 0 radical (unpaired) electrons. The van der Waals surface area contributed by atoms with Crippen molar-refractivity contribution < 1.29 is 22.7 Å². The molecule has 4 nitrogen and oxygen atoms in total. The number of halogens is 3. The fourth-order valence-corrected chi connectivity index (χ4v) is 3.12. The van der Waals surface area contributed by atoms with Crippen LogP contribution in [0.4, 0.5) is 13.2 Å². The monoisotopic (exact) mass is 420 g/mol. The van der Waals surface area contributed by atoms with Gasteiger partial charge in [0.1, 0.15) is 5.75 Å². The number of ether oxygens (including phenoxy) is 1. The number of hydrogen-bond acceptors (Lipinski definition) is 3. The van der Waals surface area contributed by atoms with E-state index in [1.165, 1.54) is 12.1 Å². The molecule has 1 N–H and O–H groups in total. The number of rotatable bonds is 9. The minimum Gasteiger partial charge on any atom is -0.481 e. The Hall–Kier alpha value is -2.83. The van der Waals surface area contributed by atoms with Gasteiger partial charge in [-0.25, -0.2) is 0 Å². The molecule has 162 valence electrons. The summed E-state index contributed by atoms with van der Waals surface area (Å²) in [6, 6.07) is 12.8. The molecule has 0 aliphatic carbocycles. The van der Waals surface area contributed by atoms with Crippen LogP contribution in [0.25, 0.3) is 0 Å². The van der Waals surface area contributed by atoms with Crippen LogP contribution in [-0.4, -0.2) is 29.2 Å². The average Bonchev–Trinajstić information content (AvgIpc) is 2.71. The Labute approximate surface area is 175 Å². The first-order valence-electron chi connectivity index (χ1n) is 9.90. The third-order valence-corrected chi connectivity index (χ3v) is 4.69. The van der Waals surface area contributed by atoms with E-state index in [4.69, 9.17) is 10.1 Å². The van der Waals surface area contributed by atoms with Crippen molar-refractivity contribution in [1.82, 2.24) is 4.90 Å². The molecule has 0 bridgehead atoms. The molecule has 1 amide bonds. The van der Waals surface area contributed by atoms with Crippen molar-refractivity contribution in [1.29, 1.82) is 5.41 Å². The van der Waals surface area contributed by atoms with E-state index in [1.54, 1.807) is 4.90 Å². The van der Waals surface area contributed by atoms with E-state index in [0.717, 1.165) is 11.6 Å². The van der Waals surface area contributed by atoms with E-state index in [1.807, 2.05) is 51.1 Å². The van der Waals surface area contributed by atoms with Crippen molar-refractivity contribution in [3.05, 3.63) is 65.2 Å². The predicted octanol–water partition coefficient (Wildman–Crippen LogP) is 5.69. The third-order valence-electron chi connectivity index (χ3n) is 4.69. The second-order valence-electron chi connectivity index (χ2n) is 7.33. The van der Waals surface area contributed by atoms with Gasteiger partial charge in [-0.1, -0.05) is 43.7 Å². The summed E-state index contributed by atoms with van der Waals surface area (Å²) in [5.41, 5.74) is -0.242. The van der Waals surface area contributed by atoms with Crippen LogP contribution in [0.3, 0.4) is 0 Å². The fraction of sp³-hybridized carbons (Fsp3) is 0.391. The zero-order chi connectivity index (χ0) is 22.3. The van der Waals surface area contributed by atoms with Crippen LogP contribution in [0.15, 0.2) is 48.5 Å². The molecular weight excluding hydrogens is 393 g/mol. The lowest BCUT2D eigenvalue weighted by atomic mass is 10.1. The van der Waals surface area contributed by atoms with Gasteiger partial charge in [-0.3, -0.25) is 4.79 Å². The molecule has 7 heteroatoms. The van der Waals surface area contributed by atoms with E-state index in [0.29, 0.717) is 25.6 Å². The molecule has 0 heterocycles. The van der Waals surface area contributed by atoms with Crippen LogP contribution in [0.2, 0.25) is 0 Å². The highest BCUT2D eigenvalue weighted by molar-refractivity contribution is 5.82. The molecule has 2 rings (SSSR count). The molecule has 2 aromatic rings. The summed E-state index contributed by atoms with van der Waals surface area (Å²) in [5.74, 6) is -0.302. The van der Waals surface area contributed by atoms with Gasteiger partial charge >= 0.3 is 6.18 Å². The molecule has 0 saturated carbocycles. The second kappa shape index (κ2) is 10.3. The van der Waals surface area contributed by atoms with Gasteiger partial charge in [0.05, 0.1) is 5.56 Å². The standard InChI is InChI=1S/C23H27F3N2O2/c1-4-8-21(22(29)28(16(2)3)15-17-9-6-5-7-10-17)30-19-12-11-18(14-27)20(13-19)23(24,25)26/h5-7,9-14,16,21,27H,4,8,15H2,1-3H3. The molecule has 0 spiro atoms. The molecule has 0 saturated heterocycles. The summed E-state index contributed by atoms with van der Waals surface area (Å²) in [7, 11) is 0. The van der Waals surface area contributed by atoms with Crippen molar-refractivity contribution in [3.8, 4) is 5.75 Å². The number of carbonyl (C=O) groups excluding carboxylic acids is 1. The smallest absolute Gasteiger partial charge is 0.417 e. The number of alkyl halides is 3. The highest BCUT2D eigenvalue weighted by Gasteiger charge is 2.34. The highest BCUT2D eigenvalue weighted by Crippen LogP contribution is 2.34. The van der Waals surface area contributed by atoms with Gasteiger partial charge in [0.25, 0.3) is 5.91 Å². The zero-order valence-electron chi connectivity index (χ0n) is 17.4. The Morgan fingerprint density at radius 3 is 2.37 bits per heavy atom. The van der Waals surface area contributed by atoms with E-state index in [2.05, 4.69) is 0 Å². The predicted molar refractivity (Wildman–Crippen MR) is 111 cm³/mol. The van der Waals surface area contributed by atoms with Gasteiger partial charge in [-0.05, 0) is 44.0 Å². The van der Waals surface area contributed by atoms with Crippen molar-refractivity contribution in [2.45, 2.75) is 58.5 Å². The van der Waals surface area contributed by atoms with Crippen molar-refractivity contribution in [3.63, 3.8) is 0 Å². The Balaban J connectivity index is 2.29. The quantitative estimate of drug-likeness (QED) is 0.530. The summed E-state index contributed by atoms with van der Waals surface area (Å²) >= 11 is 0. The lowest BCUT2D eigenvalue weighted by Crippen LogP contribution is -2.45. The average molecular weight is 420 g/mol. The summed E-state index contributed by atoms with van der Waals surface area (Å²) in [6.07, 6.45) is -3.84. The second-order valence-corrected chi connectivity index (χ2v) is 7.33. The van der Waals surface area contributed by atoms with E-state index in [9.17, 15) is 18.0 Å². The molecule has 0 aromatic heterocycles. The normalized spacial score (nSPS) is 12.5. The minimum atomic E-state index is -4.62. The lowest BCUT2D eigenvalue weighted by Gasteiger charge is -2.31. The van der Waals surface area contributed by atoms with E-state index < -0.39 is 17.8 Å². The molecule has 2 aromatic carbocycles. The lowest BCUT2D eigenvalue weighted by molar-refractivity contribution is -0.141. The Bertz CT molecular complexity index is 851. The summed E-state index contributed by atoms with van der Waals surface area (Å²) in [6.45, 7) is 6.07. The minimum absolute atomic E-state index is 0.0388. The third kappa shape index (κ3) is 6.08. The van der Waals surface area contributed by atoms with Gasteiger partial charge in [0, 0.05) is 24.4 Å². The molecule has 1 atom stereocenters. The Kier molecular flexibility index (Phi) is 8.03. The first kappa shape index (κ1) is 23.4. The topological polar surface area (TPSA) is 53.4 Å². The van der Waals surface area contributed by atoms with Gasteiger partial charge in [-0.2, -0.15) is 13.2 Å². The maximum absolute atomic E-state index is 13.3. The van der Waals surface area contributed by atoms with Crippen LogP contribution >= 0.6 is 0 Å². The van der Waals surface area contributed by atoms with Crippen LogP contribution < -0.4 is 4.74 Å². The molecule has 1 unspecified atom stereocenters. The van der Waals surface area contributed by atoms with E-state index in [-0.39, 0.29) is 23.3 Å². The molecule has 0 aliphatic rings. The van der Waals surface area contributed by atoms with Gasteiger partial charge in [-0.15, -0.1) is 0 Å². The van der Waals surface area contributed by atoms with Crippen molar-refractivity contribution in [2.75, 3.05) is 0 Å². The van der Waals surface area contributed by atoms with Crippen molar-refractivity contribution in [2.24, 2.45) is 0 Å². The number of nitrogens with zero attached hydrogens (tertiary/aromatic N) is 1. The number of carbonyl (C=O) groups is 1. The van der Waals surface area contributed by atoms with Gasteiger partial charge < -0.3 is 15.0 Å².